The van der Waals surface area contributed by atoms with Crippen molar-refractivity contribution in [2.24, 2.45) is 0 Å². The smallest absolute Gasteiger partial charge is 0.239 e. The van der Waals surface area contributed by atoms with Crippen molar-refractivity contribution < 1.29 is 9.59 Å². The van der Waals surface area contributed by atoms with Crippen LogP contribution in [0, 0.1) is 0 Å². The first-order chi connectivity index (χ1) is 6.99. The number of aromatic nitrogens is 3. The Morgan fingerprint density at radius 2 is 2.00 bits per heavy atom. The number of carbonyl (C=O) groups is 2. The van der Waals surface area contributed by atoms with E-state index in [1.807, 2.05) is 13.8 Å². The maximum absolute atomic E-state index is 11.6. The van der Waals surface area contributed by atoms with Crippen molar-refractivity contribution in [1.29, 1.82) is 0 Å². The molecule has 0 aliphatic heterocycles. The molecule has 82 valence electrons. The van der Waals surface area contributed by atoms with Crippen molar-refractivity contribution in [1.82, 2.24) is 15.0 Å². The summed E-state index contributed by atoms with van der Waals surface area (Å²) in [5.41, 5.74) is 0.452. The Balaban J connectivity index is 3.32. The van der Waals surface area contributed by atoms with Crippen molar-refractivity contribution in [2.45, 2.75) is 26.8 Å². The standard InChI is InChI=1S/C9H13N3O2S/c1-5(2)12-8(9(14)15-4)7(6(3)13)10-11-12/h5H,1-4H3. The van der Waals surface area contributed by atoms with Crippen LogP contribution in [-0.2, 0) is 0 Å². The minimum absolute atomic E-state index is 0.0108. The molecule has 0 aliphatic rings. The van der Waals surface area contributed by atoms with Crippen molar-refractivity contribution in [3.8, 4) is 0 Å². The molecule has 0 N–H and O–H groups in total. The molecular weight excluding hydrogens is 214 g/mol. The number of carbonyl (C=O) groups excluding carboxylic acids is 2. The van der Waals surface area contributed by atoms with Gasteiger partial charge in [0.2, 0.25) is 5.12 Å². The summed E-state index contributed by atoms with van der Waals surface area (Å²) in [5, 5.41) is 7.37. The molecule has 0 unspecified atom stereocenters. The number of hydrogen-bond acceptors (Lipinski definition) is 5. The monoisotopic (exact) mass is 227 g/mol. The number of Topliss-reactive ketones (excluding diaryl/α,β-unsaturated/α-hetero) is 1. The molecule has 6 heteroatoms. The van der Waals surface area contributed by atoms with Gasteiger partial charge < -0.3 is 0 Å². The fourth-order valence-corrected chi connectivity index (χ4v) is 1.56. The second-order valence-corrected chi connectivity index (χ2v) is 4.15. The Morgan fingerprint density at radius 1 is 1.40 bits per heavy atom. The number of thioether (sulfide) groups is 1. The molecule has 1 aromatic rings. The van der Waals surface area contributed by atoms with E-state index in [2.05, 4.69) is 10.3 Å². The lowest BCUT2D eigenvalue weighted by molar-refractivity contribution is 0.0996. The van der Waals surface area contributed by atoms with Gasteiger partial charge >= 0.3 is 0 Å². The summed E-state index contributed by atoms with van der Waals surface area (Å²) in [5.74, 6) is -0.237. The van der Waals surface area contributed by atoms with E-state index in [0.29, 0.717) is 5.69 Å². The summed E-state index contributed by atoms with van der Waals surface area (Å²) in [4.78, 5) is 22.9. The first-order valence-electron chi connectivity index (χ1n) is 4.53. The van der Waals surface area contributed by atoms with Crippen LogP contribution in [0.25, 0.3) is 0 Å². The first-order valence-corrected chi connectivity index (χ1v) is 5.76. The third kappa shape index (κ3) is 2.26. The Labute approximate surface area is 92.2 Å². The zero-order valence-electron chi connectivity index (χ0n) is 9.14. The first kappa shape index (κ1) is 11.9. The molecule has 1 heterocycles. The topological polar surface area (TPSA) is 64.8 Å². The molecule has 1 aromatic heterocycles. The average Bonchev–Trinajstić information content (AvgIpc) is 2.60. The summed E-state index contributed by atoms with van der Waals surface area (Å²) in [6, 6.07) is 0.0108. The Morgan fingerprint density at radius 3 is 2.40 bits per heavy atom. The summed E-state index contributed by atoms with van der Waals surface area (Å²) in [6.45, 7) is 5.15. The van der Waals surface area contributed by atoms with E-state index in [1.165, 1.54) is 11.6 Å². The second kappa shape index (κ2) is 4.57. The van der Waals surface area contributed by atoms with Crippen molar-refractivity contribution in [2.75, 3.05) is 6.26 Å². The SMILES string of the molecule is CSC(=O)c1c(C(C)=O)nnn1C(C)C. The Hall–Kier alpha value is -1.17. The van der Waals surface area contributed by atoms with Gasteiger partial charge in [-0.15, -0.1) is 5.10 Å². The highest BCUT2D eigenvalue weighted by Crippen LogP contribution is 2.17. The van der Waals surface area contributed by atoms with Gasteiger partial charge in [0.05, 0.1) is 0 Å². The van der Waals surface area contributed by atoms with Gasteiger partial charge in [0.15, 0.2) is 11.5 Å². The highest BCUT2D eigenvalue weighted by Gasteiger charge is 2.23. The normalized spacial score (nSPS) is 10.7. The van der Waals surface area contributed by atoms with Crippen LogP contribution >= 0.6 is 11.8 Å². The van der Waals surface area contributed by atoms with E-state index >= 15 is 0 Å². The highest BCUT2D eigenvalue weighted by atomic mass is 32.2. The van der Waals surface area contributed by atoms with E-state index in [4.69, 9.17) is 0 Å². The summed E-state index contributed by atoms with van der Waals surface area (Å²) in [7, 11) is 0. The van der Waals surface area contributed by atoms with Crippen LogP contribution < -0.4 is 0 Å². The van der Waals surface area contributed by atoms with E-state index < -0.39 is 0 Å². The Bertz CT molecular complexity index is 398. The lowest BCUT2D eigenvalue weighted by atomic mass is 10.2. The van der Waals surface area contributed by atoms with Crippen molar-refractivity contribution >= 4 is 22.7 Å². The second-order valence-electron chi connectivity index (χ2n) is 3.37. The molecule has 0 aromatic carbocycles. The molecule has 0 bridgehead atoms. The minimum atomic E-state index is -0.237. The van der Waals surface area contributed by atoms with Gasteiger partial charge in [-0.2, -0.15) is 0 Å². The van der Waals surface area contributed by atoms with Gasteiger partial charge in [0, 0.05) is 13.0 Å². The predicted molar refractivity (Wildman–Crippen MR) is 58.3 cm³/mol. The van der Waals surface area contributed by atoms with Gasteiger partial charge in [0.25, 0.3) is 0 Å². The van der Waals surface area contributed by atoms with Gasteiger partial charge in [-0.1, -0.05) is 17.0 Å². The highest BCUT2D eigenvalue weighted by molar-refractivity contribution is 8.13. The van der Waals surface area contributed by atoms with Crippen LogP contribution in [0.1, 0.15) is 47.8 Å². The minimum Gasteiger partial charge on any atom is -0.293 e. The van der Waals surface area contributed by atoms with Crippen LogP contribution in [0.15, 0.2) is 0 Å². The summed E-state index contributed by atoms with van der Waals surface area (Å²) < 4.78 is 1.48. The maximum Gasteiger partial charge on any atom is 0.239 e. The van der Waals surface area contributed by atoms with Crippen LogP contribution in [0.5, 0.6) is 0 Å². The zero-order valence-corrected chi connectivity index (χ0v) is 9.96. The van der Waals surface area contributed by atoms with Gasteiger partial charge in [-0.25, -0.2) is 4.68 Å². The molecule has 0 saturated carbocycles. The summed E-state index contributed by atoms with van der Waals surface area (Å²) >= 11 is 1.05. The number of hydrogen-bond donors (Lipinski definition) is 0. The van der Waals surface area contributed by atoms with Crippen LogP contribution in [0.3, 0.4) is 0 Å². The molecule has 0 radical (unpaired) electrons. The fourth-order valence-electron chi connectivity index (χ4n) is 1.18. The fraction of sp³-hybridized carbons (Fsp3) is 0.556. The third-order valence-corrected chi connectivity index (χ3v) is 2.46. The molecule has 5 nitrogen and oxygen atoms in total. The van der Waals surface area contributed by atoms with Gasteiger partial charge in [-0.3, -0.25) is 9.59 Å². The van der Waals surface area contributed by atoms with E-state index in [9.17, 15) is 9.59 Å². The lowest BCUT2D eigenvalue weighted by Gasteiger charge is -2.07. The average molecular weight is 227 g/mol. The molecule has 0 spiro atoms. The Kier molecular flexibility index (Phi) is 3.62. The molecule has 1 rings (SSSR count). The van der Waals surface area contributed by atoms with Crippen LogP contribution in [0.2, 0.25) is 0 Å². The molecule has 0 fully saturated rings. The van der Waals surface area contributed by atoms with E-state index in [1.54, 1.807) is 6.26 Å². The van der Waals surface area contributed by atoms with Gasteiger partial charge in [-0.05, 0) is 20.1 Å². The summed E-state index contributed by atoms with van der Waals surface area (Å²) in [6.07, 6.45) is 1.67. The molecule has 0 saturated heterocycles. The van der Waals surface area contributed by atoms with Gasteiger partial charge in [0.1, 0.15) is 5.69 Å². The molecule has 15 heavy (non-hydrogen) atoms. The quantitative estimate of drug-likeness (QED) is 0.733. The largest absolute Gasteiger partial charge is 0.293 e. The number of rotatable bonds is 3. The zero-order chi connectivity index (χ0) is 11.6. The maximum atomic E-state index is 11.6. The molecular formula is C9H13N3O2S. The van der Waals surface area contributed by atoms with Crippen molar-refractivity contribution in [3.63, 3.8) is 0 Å². The molecule has 0 atom stereocenters. The number of ketones is 1. The lowest BCUT2D eigenvalue weighted by Crippen LogP contribution is -2.13. The predicted octanol–water partition coefficient (Wildman–Crippen LogP) is 1.56. The van der Waals surface area contributed by atoms with E-state index in [-0.39, 0.29) is 22.6 Å². The van der Waals surface area contributed by atoms with Crippen molar-refractivity contribution in [3.05, 3.63) is 11.4 Å². The van der Waals surface area contributed by atoms with Crippen LogP contribution in [0.4, 0.5) is 0 Å². The number of nitrogens with zero attached hydrogens (tertiary/aromatic N) is 3. The molecule has 0 aliphatic carbocycles. The van der Waals surface area contributed by atoms with Crippen LogP contribution in [-0.4, -0.2) is 32.1 Å². The molecule has 0 amide bonds. The third-order valence-electron chi connectivity index (χ3n) is 1.90. The van der Waals surface area contributed by atoms with E-state index in [0.717, 1.165) is 11.8 Å².